The molecule has 1 aliphatic heterocycles. The molecule has 1 amide bonds. The van der Waals surface area contributed by atoms with Gasteiger partial charge in [-0.15, -0.1) is 0 Å². The van der Waals surface area contributed by atoms with E-state index in [0.717, 1.165) is 5.82 Å². The lowest BCUT2D eigenvalue weighted by Gasteiger charge is -2.34. The fourth-order valence-electron chi connectivity index (χ4n) is 3.35. The number of rotatable bonds is 7. The van der Waals surface area contributed by atoms with Crippen molar-refractivity contribution in [3.8, 4) is 5.75 Å². The van der Waals surface area contributed by atoms with Crippen LogP contribution in [0.15, 0.2) is 72.0 Å². The molecule has 0 saturated carbocycles. The molecule has 33 heavy (non-hydrogen) atoms. The number of piperazine rings is 1. The SMILES string of the molecule is O=C(COc1ccc(Cl)cc1)Nc1ccc(S(=O)(=O)N2CCN(c3cnccn3)CC2)cc1. The maximum atomic E-state index is 13.0. The highest BCUT2D eigenvalue weighted by Gasteiger charge is 2.29. The van der Waals surface area contributed by atoms with E-state index in [0.29, 0.717) is 42.6 Å². The van der Waals surface area contributed by atoms with Crippen LogP contribution in [0.3, 0.4) is 0 Å². The number of benzene rings is 2. The van der Waals surface area contributed by atoms with Crippen molar-refractivity contribution in [3.05, 3.63) is 72.1 Å². The second-order valence-corrected chi connectivity index (χ2v) is 9.64. The molecule has 1 saturated heterocycles. The molecule has 0 atom stereocenters. The van der Waals surface area contributed by atoms with Crippen molar-refractivity contribution >= 4 is 39.0 Å². The van der Waals surface area contributed by atoms with Crippen LogP contribution in [0.5, 0.6) is 5.75 Å². The van der Waals surface area contributed by atoms with E-state index in [-0.39, 0.29) is 17.4 Å². The lowest BCUT2D eigenvalue weighted by atomic mass is 10.3. The van der Waals surface area contributed by atoms with Crippen LogP contribution in [0.1, 0.15) is 0 Å². The zero-order chi connectivity index (χ0) is 23.3. The highest BCUT2D eigenvalue weighted by atomic mass is 35.5. The minimum atomic E-state index is -3.64. The highest BCUT2D eigenvalue weighted by molar-refractivity contribution is 7.89. The summed E-state index contributed by atoms with van der Waals surface area (Å²) in [6.07, 6.45) is 4.88. The Morgan fingerprint density at radius 2 is 1.70 bits per heavy atom. The number of anilines is 2. The monoisotopic (exact) mass is 487 g/mol. The number of nitrogens with zero attached hydrogens (tertiary/aromatic N) is 4. The topological polar surface area (TPSA) is 105 Å². The Labute approximate surface area is 197 Å². The second-order valence-electron chi connectivity index (χ2n) is 7.27. The first-order valence-electron chi connectivity index (χ1n) is 10.2. The summed E-state index contributed by atoms with van der Waals surface area (Å²) in [5.74, 6) is 0.894. The van der Waals surface area contributed by atoms with E-state index in [1.807, 2.05) is 4.90 Å². The van der Waals surface area contributed by atoms with Gasteiger partial charge in [0.05, 0.1) is 11.1 Å². The molecule has 0 radical (unpaired) electrons. The number of hydrogen-bond donors (Lipinski definition) is 1. The lowest BCUT2D eigenvalue weighted by molar-refractivity contribution is -0.118. The van der Waals surface area contributed by atoms with Gasteiger partial charge in [0.15, 0.2) is 6.61 Å². The Morgan fingerprint density at radius 1 is 1.00 bits per heavy atom. The normalized spacial score (nSPS) is 14.6. The number of sulfonamides is 1. The fourth-order valence-corrected chi connectivity index (χ4v) is 4.90. The molecule has 9 nitrogen and oxygen atoms in total. The molecular weight excluding hydrogens is 466 g/mol. The van der Waals surface area contributed by atoms with Crippen LogP contribution in [0.25, 0.3) is 0 Å². The van der Waals surface area contributed by atoms with Crippen LogP contribution in [-0.4, -0.2) is 61.4 Å². The average Bonchev–Trinajstić information content (AvgIpc) is 2.85. The quantitative estimate of drug-likeness (QED) is 0.546. The molecule has 1 N–H and O–H groups in total. The van der Waals surface area contributed by atoms with Crippen LogP contribution in [0.2, 0.25) is 5.02 Å². The van der Waals surface area contributed by atoms with E-state index in [1.54, 1.807) is 55.0 Å². The number of amides is 1. The number of ether oxygens (including phenoxy) is 1. The van der Waals surface area contributed by atoms with Crippen LogP contribution < -0.4 is 15.0 Å². The maximum Gasteiger partial charge on any atom is 0.262 e. The van der Waals surface area contributed by atoms with E-state index in [1.165, 1.54) is 16.4 Å². The first-order chi connectivity index (χ1) is 15.9. The highest BCUT2D eigenvalue weighted by Crippen LogP contribution is 2.21. The molecule has 1 fully saturated rings. The Balaban J connectivity index is 1.31. The minimum Gasteiger partial charge on any atom is -0.484 e. The van der Waals surface area contributed by atoms with E-state index >= 15 is 0 Å². The molecule has 0 spiro atoms. The van der Waals surface area contributed by atoms with E-state index in [2.05, 4.69) is 15.3 Å². The Kier molecular flexibility index (Phi) is 7.07. The summed E-state index contributed by atoms with van der Waals surface area (Å²) in [5, 5.41) is 3.27. The summed E-state index contributed by atoms with van der Waals surface area (Å²) in [6.45, 7) is 1.57. The Morgan fingerprint density at radius 3 is 2.33 bits per heavy atom. The molecular formula is C22H22ClN5O4S. The van der Waals surface area contributed by atoms with Gasteiger partial charge in [-0.3, -0.25) is 9.78 Å². The van der Waals surface area contributed by atoms with E-state index < -0.39 is 10.0 Å². The third kappa shape index (κ3) is 5.78. The third-order valence-electron chi connectivity index (χ3n) is 5.07. The molecule has 172 valence electrons. The predicted octanol–water partition coefficient (Wildman–Crippen LogP) is 2.66. The molecule has 1 aromatic heterocycles. The summed E-state index contributed by atoms with van der Waals surface area (Å²) in [5.41, 5.74) is 0.478. The molecule has 1 aliphatic rings. The first-order valence-corrected chi connectivity index (χ1v) is 12.0. The molecule has 2 aromatic carbocycles. The Bertz CT molecular complexity index is 1180. The zero-order valence-electron chi connectivity index (χ0n) is 17.6. The third-order valence-corrected chi connectivity index (χ3v) is 7.24. The standard InChI is InChI=1S/C22H22ClN5O4S/c23-17-1-5-19(6-2-17)32-16-22(29)26-18-3-7-20(8-4-18)33(30,31)28-13-11-27(12-14-28)21-15-24-9-10-25-21/h1-10,15H,11-14,16H2,(H,26,29). The van der Waals surface area contributed by atoms with Crippen LogP contribution in [0, 0.1) is 0 Å². The molecule has 11 heteroatoms. The maximum absolute atomic E-state index is 13.0. The van der Waals surface area contributed by atoms with Gasteiger partial charge in [0.2, 0.25) is 10.0 Å². The van der Waals surface area contributed by atoms with Crippen molar-refractivity contribution in [2.75, 3.05) is 43.0 Å². The summed E-state index contributed by atoms with van der Waals surface area (Å²) >= 11 is 5.82. The molecule has 4 rings (SSSR count). The second kappa shape index (κ2) is 10.2. The van der Waals surface area contributed by atoms with Crippen molar-refractivity contribution in [3.63, 3.8) is 0 Å². The largest absolute Gasteiger partial charge is 0.484 e. The number of carbonyl (C=O) groups is 1. The van der Waals surface area contributed by atoms with E-state index in [9.17, 15) is 13.2 Å². The molecule has 3 aromatic rings. The smallest absolute Gasteiger partial charge is 0.262 e. The van der Waals surface area contributed by atoms with Gasteiger partial charge >= 0.3 is 0 Å². The van der Waals surface area contributed by atoms with Gasteiger partial charge in [-0.2, -0.15) is 4.31 Å². The minimum absolute atomic E-state index is 0.172. The van der Waals surface area contributed by atoms with Gasteiger partial charge < -0.3 is 15.0 Å². The number of halogens is 1. The summed E-state index contributed by atoms with van der Waals surface area (Å²) in [4.78, 5) is 22.6. The van der Waals surface area contributed by atoms with Crippen LogP contribution >= 0.6 is 11.6 Å². The number of carbonyl (C=O) groups excluding carboxylic acids is 1. The van der Waals surface area contributed by atoms with Crippen LogP contribution in [-0.2, 0) is 14.8 Å². The van der Waals surface area contributed by atoms with Gasteiger partial charge in [0, 0.05) is 49.3 Å². The zero-order valence-corrected chi connectivity index (χ0v) is 19.2. The summed E-state index contributed by atoms with van der Waals surface area (Å²) in [6, 6.07) is 12.8. The van der Waals surface area contributed by atoms with Crippen molar-refractivity contribution in [2.24, 2.45) is 0 Å². The fraction of sp³-hybridized carbons (Fsp3) is 0.227. The van der Waals surface area contributed by atoms with Crippen molar-refractivity contribution in [1.29, 1.82) is 0 Å². The number of aromatic nitrogens is 2. The number of hydrogen-bond acceptors (Lipinski definition) is 7. The summed E-state index contributed by atoms with van der Waals surface area (Å²) in [7, 11) is -3.64. The number of nitrogens with one attached hydrogen (secondary N) is 1. The van der Waals surface area contributed by atoms with Gasteiger partial charge in [-0.05, 0) is 48.5 Å². The molecule has 2 heterocycles. The van der Waals surface area contributed by atoms with E-state index in [4.69, 9.17) is 16.3 Å². The van der Waals surface area contributed by atoms with Gasteiger partial charge in [-0.1, -0.05) is 11.6 Å². The van der Waals surface area contributed by atoms with Crippen molar-refractivity contribution in [1.82, 2.24) is 14.3 Å². The predicted molar refractivity (Wildman–Crippen MR) is 125 cm³/mol. The van der Waals surface area contributed by atoms with Crippen LogP contribution in [0.4, 0.5) is 11.5 Å². The van der Waals surface area contributed by atoms with Gasteiger partial charge in [0.1, 0.15) is 11.6 Å². The average molecular weight is 488 g/mol. The summed E-state index contributed by atoms with van der Waals surface area (Å²) < 4.78 is 32.9. The molecule has 0 unspecified atom stereocenters. The van der Waals surface area contributed by atoms with Crippen molar-refractivity contribution in [2.45, 2.75) is 4.90 Å². The van der Waals surface area contributed by atoms with Gasteiger partial charge in [-0.25, -0.2) is 13.4 Å². The molecule has 0 aliphatic carbocycles. The van der Waals surface area contributed by atoms with Gasteiger partial charge in [0.25, 0.3) is 5.91 Å². The lowest BCUT2D eigenvalue weighted by Crippen LogP contribution is -2.48. The molecule has 0 bridgehead atoms. The first kappa shape index (κ1) is 23.0. The van der Waals surface area contributed by atoms with Crippen molar-refractivity contribution < 1.29 is 17.9 Å². The Hall–Kier alpha value is -3.21.